The number of H-pyrrole nitrogens is 1. The molecule has 1 saturated heterocycles. The largest absolute Gasteiger partial charge is 0.361 e. The molecule has 2 N–H and O–H groups in total. The molecule has 1 aliphatic rings. The number of aromatic nitrogens is 3. The van der Waals surface area contributed by atoms with Gasteiger partial charge in [0.05, 0.1) is 11.7 Å². The van der Waals surface area contributed by atoms with E-state index in [-0.39, 0.29) is 11.9 Å². The summed E-state index contributed by atoms with van der Waals surface area (Å²) >= 11 is 1.54. The summed E-state index contributed by atoms with van der Waals surface area (Å²) < 4.78 is 0. The molecule has 5 rings (SSSR count). The maximum atomic E-state index is 13.1. The molecular formula is C23H23N5OS. The van der Waals surface area contributed by atoms with Crippen molar-refractivity contribution >= 4 is 39.1 Å². The molecule has 1 fully saturated rings. The Morgan fingerprint density at radius 3 is 3.07 bits per heavy atom. The molecule has 152 valence electrons. The summed E-state index contributed by atoms with van der Waals surface area (Å²) in [5, 5.41) is 7.19. The fourth-order valence-corrected chi connectivity index (χ4v) is 4.73. The Hall–Kier alpha value is -3.19. The van der Waals surface area contributed by atoms with E-state index in [4.69, 9.17) is 4.98 Å². The van der Waals surface area contributed by atoms with Crippen LogP contribution in [0.3, 0.4) is 0 Å². The van der Waals surface area contributed by atoms with E-state index < -0.39 is 0 Å². The van der Waals surface area contributed by atoms with E-state index in [9.17, 15) is 4.79 Å². The van der Waals surface area contributed by atoms with Crippen LogP contribution in [0, 0.1) is 0 Å². The van der Waals surface area contributed by atoms with Crippen molar-refractivity contribution < 1.29 is 4.79 Å². The molecule has 0 spiro atoms. The number of hydrogen-bond donors (Lipinski definition) is 2. The molecule has 1 aliphatic heterocycles. The van der Waals surface area contributed by atoms with Crippen LogP contribution in [0.25, 0.3) is 10.9 Å². The first-order valence-corrected chi connectivity index (χ1v) is 11.1. The number of nitrogens with zero attached hydrogens (tertiary/aromatic N) is 3. The van der Waals surface area contributed by atoms with Crippen molar-refractivity contribution in [2.75, 3.05) is 11.9 Å². The average molecular weight is 418 g/mol. The second-order valence-electron chi connectivity index (χ2n) is 7.51. The fourth-order valence-electron chi connectivity index (χ4n) is 4.20. The lowest BCUT2D eigenvalue weighted by Gasteiger charge is -2.24. The van der Waals surface area contributed by atoms with Gasteiger partial charge in [0, 0.05) is 41.6 Å². The average Bonchev–Trinajstić information content (AvgIpc) is 3.53. The highest BCUT2D eigenvalue weighted by Crippen LogP contribution is 2.32. The van der Waals surface area contributed by atoms with Crippen LogP contribution < -0.4 is 5.32 Å². The van der Waals surface area contributed by atoms with Gasteiger partial charge in [0.15, 0.2) is 5.13 Å². The van der Waals surface area contributed by atoms with Crippen molar-refractivity contribution in [3.63, 3.8) is 0 Å². The van der Waals surface area contributed by atoms with Crippen LogP contribution in [0.2, 0.25) is 0 Å². The summed E-state index contributed by atoms with van der Waals surface area (Å²) in [5.74, 6) is 0.961. The van der Waals surface area contributed by atoms with Crippen LogP contribution in [0.4, 0.5) is 10.9 Å². The number of thiazole rings is 1. The first-order chi connectivity index (χ1) is 14.8. The maximum absolute atomic E-state index is 13.1. The van der Waals surface area contributed by atoms with Gasteiger partial charge in [-0.2, -0.15) is 0 Å². The topological polar surface area (TPSA) is 73.9 Å². The van der Waals surface area contributed by atoms with Crippen molar-refractivity contribution in [3.8, 4) is 0 Å². The zero-order chi connectivity index (χ0) is 20.3. The second kappa shape index (κ2) is 8.28. The fraction of sp³-hybridized carbons (Fsp3) is 0.261. The second-order valence-corrected chi connectivity index (χ2v) is 8.41. The van der Waals surface area contributed by atoms with E-state index in [1.807, 2.05) is 46.8 Å². The Labute approximate surface area is 179 Å². The van der Waals surface area contributed by atoms with E-state index in [0.29, 0.717) is 6.42 Å². The first-order valence-electron chi connectivity index (χ1n) is 10.3. The van der Waals surface area contributed by atoms with Gasteiger partial charge in [-0.3, -0.25) is 4.79 Å². The van der Waals surface area contributed by atoms with Gasteiger partial charge >= 0.3 is 0 Å². The molecule has 0 bridgehead atoms. The summed E-state index contributed by atoms with van der Waals surface area (Å²) in [6, 6.07) is 14.2. The van der Waals surface area contributed by atoms with Crippen LogP contribution in [-0.2, 0) is 11.2 Å². The van der Waals surface area contributed by atoms with E-state index in [2.05, 4.69) is 27.4 Å². The van der Waals surface area contributed by atoms with Crippen molar-refractivity contribution in [1.29, 1.82) is 0 Å². The summed E-state index contributed by atoms with van der Waals surface area (Å²) in [7, 11) is 0. The number of anilines is 2. The van der Waals surface area contributed by atoms with Crippen LogP contribution >= 0.6 is 11.3 Å². The molecule has 30 heavy (non-hydrogen) atoms. The number of amides is 1. The molecule has 4 aromatic rings. The number of pyridine rings is 1. The molecule has 1 aromatic carbocycles. The zero-order valence-corrected chi connectivity index (χ0v) is 17.4. The molecule has 1 unspecified atom stereocenters. The Morgan fingerprint density at radius 1 is 1.23 bits per heavy atom. The molecule has 0 saturated carbocycles. The zero-order valence-electron chi connectivity index (χ0n) is 16.5. The van der Waals surface area contributed by atoms with Crippen LogP contribution in [-0.4, -0.2) is 32.3 Å². The van der Waals surface area contributed by atoms with Gasteiger partial charge in [-0.1, -0.05) is 24.3 Å². The summed E-state index contributed by atoms with van der Waals surface area (Å²) in [4.78, 5) is 27.4. The predicted molar refractivity (Wildman–Crippen MR) is 120 cm³/mol. The first kappa shape index (κ1) is 18.8. The molecule has 6 nitrogen and oxygen atoms in total. The smallest absolute Gasteiger partial charge is 0.223 e. The Bertz CT molecular complexity index is 1150. The van der Waals surface area contributed by atoms with Gasteiger partial charge in [-0.15, -0.1) is 11.3 Å². The summed E-state index contributed by atoms with van der Waals surface area (Å²) in [5.41, 5.74) is 3.25. The third-order valence-electron chi connectivity index (χ3n) is 5.64. The number of nitrogens with one attached hydrogen (secondary N) is 2. The number of rotatable bonds is 6. The lowest BCUT2D eigenvalue weighted by atomic mass is 10.1. The minimum absolute atomic E-state index is 0.0403. The molecule has 4 heterocycles. The van der Waals surface area contributed by atoms with Crippen LogP contribution in [0.15, 0.2) is 60.2 Å². The maximum Gasteiger partial charge on any atom is 0.223 e. The van der Waals surface area contributed by atoms with Gasteiger partial charge in [0.2, 0.25) is 5.91 Å². The molecule has 1 atom stereocenters. The number of aryl methyl sites for hydroxylation is 1. The lowest BCUT2D eigenvalue weighted by molar-refractivity contribution is -0.132. The third kappa shape index (κ3) is 3.80. The highest BCUT2D eigenvalue weighted by Gasteiger charge is 2.30. The Balaban J connectivity index is 1.28. The monoisotopic (exact) mass is 417 g/mol. The minimum atomic E-state index is 0.0403. The van der Waals surface area contributed by atoms with Gasteiger partial charge in [0.1, 0.15) is 5.82 Å². The van der Waals surface area contributed by atoms with E-state index in [1.165, 1.54) is 22.3 Å². The van der Waals surface area contributed by atoms with Gasteiger partial charge in [-0.25, -0.2) is 9.97 Å². The van der Waals surface area contributed by atoms with E-state index in [1.54, 1.807) is 6.20 Å². The van der Waals surface area contributed by atoms with E-state index >= 15 is 0 Å². The van der Waals surface area contributed by atoms with Crippen molar-refractivity contribution in [1.82, 2.24) is 19.9 Å². The molecular weight excluding hydrogens is 394 g/mol. The number of benzene rings is 1. The molecule has 7 heteroatoms. The quantitative estimate of drug-likeness (QED) is 0.460. The third-order valence-corrected chi connectivity index (χ3v) is 6.32. The standard InChI is InChI=1S/C23H23N5OS/c29-22(11-10-16-15-25-18-6-2-1-5-17(16)18)28-13-4-8-20(28)19-7-3-9-21(26-19)27-23-24-12-14-30-23/h1-3,5-7,9,12,14-15,20,25H,4,8,10-11,13H2,(H,24,26,27). The van der Waals surface area contributed by atoms with Gasteiger partial charge < -0.3 is 15.2 Å². The number of likely N-dealkylation sites (tertiary alicyclic amines) is 1. The van der Waals surface area contributed by atoms with E-state index in [0.717, 1.165) is 48.0 Å². The molecule has 0 aliphatic carbocycles. The summed E-state index contributed by atoms with van der Waals surface area (Å²) in [6.07, 6.45) is 7.00. The van der Waals surface area contributed by atoms with Gasteiger partial charge in [-0.05, 0) is 43.0 Å². The SMILES string of the molecule is O=C(CCc1c[nH]c2ccccc12)N1CCCC1c1cccc(Nc2nccs2)n1. The molecule has 1 amide bonds. The number of aromatic amines is 1. The lowest BCUT2D eigenvalue weighted by Crippen LogP contribution is -2.31. The minimum Gasteiger partial charge on any atom is -0.361 e. The van der Waals surface area contributed by atoms with Crippen LogP contribution in [0.1, 0.15) is 36.6 Å². The van der Waals surface area contributed by atoms with Crippen LogP contribution in [0.5, 0.6) is 0 Å². The number of fused-ring (bicyclic) bond motifs is 1. The predicted octanol–water partition coefficient (Wildman–Crippen LogP) is 5.06. The summed E-state index contributed by atoms with van der Waals surface area (Å²) in [6.45, 7) is 0.795. The van der Waals surface area contributed by atoms with Gasteiger partial charge in [0.25, 0.3) is 0 Å². The van der Waals surface area contributed by atoms with Crippen molar-refractivity contribution in [3.05, 3.63) is 71.5 Å². The van der Waals surface area contributed by atoms with Crippen molar-refractivity contribution in [2.45, 2.75) is 31.7 Å². The number of hydrogen-bond acceptors (Lipinski definition) is 5. The number of carbonyl (C=O) groups is 1. The Morgan fingerprint density at radius 2 is 2.17 bits per heavy atom. The van der Waals surface area contributed by atoms with Crippen molar-refractivity contribution in [2.24, 2.45) is 0 Å². The highest BCUT2D eigenvalue weighted by molar-refractivity contribution is 7.13. The normalized spacial score (nSPS) is 16.3. The molecule has 3 aromatic heterocycles. The Kier molecular flexibility index (Phi) is 5.19. The number of carbonyl (C=O) groups excluding carboxylic acids is 1. The number of para-hydroxylation sites is 1. The highest BCUT2D eigenvalue weighted by atomic mass is 32.1. The molecule has 0 radical (unpaired) electrons.